The monoisotopic (exact) mass is 520 g/mol. The Labute approximate surface area is 167 Å². The molecule has 0 fully saturated rings. The number of hydrogen-bond donors (Lipinski definition) is 0. The molecule has 0 saturated heterocycles. The summed E-state index contributed by atoms with van der Waals surface area (Å²) >= 11 is -0.841. The number of hydrogen-bond acceptors (Lipinski definition) is 0. The van der Waals surface area contributed by atoms with E-state index in [0.29, 0.717) is 0 Å². The van der Waals surface area contributed by atoms with Gasteiger partial charge in [0.1, 0.15) is 0 Å². The van der Waals surface area contributed by atoms with Crippen molar-refractivity contribution >= 4 is 0 Å². The van der Waals surface area contributed by atoms with Crippen LogP contribution in [0.3, 0.4) is 0 Å². The van der Waals surface area contributed by atoms with Crippen molar-refractivity contribution in [1.29, 1.82) is 0 Å². The molecule has 2 aliphatic rings. The Kier molecular flexibility index (Phi) is 12.1. The first-order valence-corrected chi connectivity index (χ1v) is 12.3. The zero-order valence-corrected chi connectivity index (χ0v) is 20.2. The minimum absolute atomic E-state index is 0. The predicted molar refractivity (Wildman–Crippen MR) is 89.9 cm³/mol. The Hall–Kier alpha value is 0.410. The van der Waals surface area contributed by atoms with Crippen molar-refractivity contribution < 1.29 is 47.7 Å². The van der Waals surface area contributed by atoms with Crippen molar-refractivity contribution in [3.05, 3.63) is 41.1 Å². The van der Waals surface area contributed by atoms with E-state index in [0.717, 1.165) is 0 Å². The van der Waals surface area contributed by atoms with E-state index in [9.17, 15) is 0 Å². The van der Waals surface area contributed by atoms with Crippen molar-refractivity contribution in [3.63, 3.8) is 0 Å². The molecule has 128 valence electrons. The van der Waals surface area contributed by atoms with E-state index in [2.05, 4.69) is 39.8 Å². The fraction of sp³-hybridized carbons (Fsp3) is 0.600. The van der Waals surface area contributed by atoms with Crippen LogP contribution in [0.4, 0.5) is 0 Å². The Morgan fingerprint density at radius 3 is 1.52 bits per heavy atom. The molecule has 0 atom stereocenters. The molecule has 0 aliphatic heterocycles. The zero-order valence-electron chi connectivity index (χ0n) is 15.1. The third kappa shape index (κ3) is 6.33. The second kappa shape index (κ2) is 11.9. The van der Waals surface area contributed by atoms with E-state index in [4.69, 9.17) is 0 Å². The van der Waals surface area contributed by atoms with E-state index in [1.54, 1.807) is 22.3 Å². The van der Waals surface area contributed by atoms with Gasteiger partial charge in [-0.25, -0.2) is 0 Å². The third-order valence-corrected chi connectivity index (χ3v) is 11.9. The largest absolute Gasteiger partial charge is 1.00 e. The summed E-state index contributed by atoms with van der Waals surface area (Å²) in [5, 5.41) is 0. The van der Waals surface area contributed by atoms with E-state index in [1.165, 1.54) is 51.4 Å². The van der Waals surface area contributed by atoms with Crippen LogP contribution in [0.5, 0.6) is 0 Å². The molecule has 2 rings (SSSR count). The first-order chi connectivity index (χ1) is 10.2. The fourth-order valence-electron chi connectivity index (χ4n) is 3.25. The van der Waals surface area contributed by atoms with Crippen LogP contribution in [0, 0.1) is 0 Å². The Bertz CT molecular complexity index is 464. The SMILES string of the molecule is CCCCC1=[C]([Hf+2][C]2=C(CCCC)CC=C2C)C(C)=CC1.[Cl-].[Cl-]. The van der Waals surface area contributed by atoms with Gasteiger partial charge in [-0.1, -0.05) is 0 Å². The third-order valence-electron chi connectivity index (χ3n) is 4.72. The van der Waals surface area contributed by atoms with Gasteiger partial charge >= 0.3 is 143 Å². The molecular formula is C20H30Cl2Hf. The van der Waals surface area contributed by atoms with Crippen LogP contribution in [0.15, 0.2) is 41.1 Å². The summed E-state index contributed by atoms with van der Waals surface area (Å²) in [4.78, 5) is 0. The van der Waals surface area contributed by atoms with E-state index >= 15 is 0 Å². The summed E-state index contributed by atoms with van der Waals surface area (Å²) in [5.74, 6) is 0. The maximum Gasteiger partial charge on any atom is -1.00 e. The van der Waals surface area contributed by atoms with Crippen LogP contribution in [-0.2, 0) is 22.9 Å². The van der Waals surface area contributed by atoms with Crippen molar-refractivity contribution in [2.75, 3.05) is 0 Å². The molecule has 23 heavy (non-hydrogen) atoms. The molecule has 0 radical (unpaired) electrons. The van der Waals surface area contributed by atoms with Crippen LogP contribution >= 0.6 is 0 Å². The topological polar surface area (TPSA) is 0 Å². The Morgan fingerprint density at radius 1 is 0.783 bits per heavy atom. The average Bonchev–Trinajstić information content (AvgIpc) is 3.00. The summed E-state index contributed by atoms with van der Waals surface area (Å²) in [6, 6.07) is 0. The standard InChI is InChI=1S/2C10H15.2ClH.Hf/c2*1-3-4-5-10-7-6-9(2)8-10;;;/h2*6H,3-5,7H2,1-2H3;2*1H;/q;;;;+2/p-2. The van der Waals surface area contributed by atoms with Gasteiger partial charge in [0.25, 0.3) is 0 Å². The minimum atomic E-state index is -0.841. The number of unbranched alkanes of at least 4 members (excludes halogenated alkanes) is 2. The van der Waals surface area contributed by atoms with E-state index < -0.39 is 22.9 Å². The van der Waals surface area contributed by atoms with Gasteiger partial charge in [0.05, 0.1) is 0 Å². The molecule has 0 nitrogen and oxygen atoms in total. The zero-order chi connectivity index (χ0) is 15.2. The molecule has 0 aromatic heterocycles. The van der Waals surface area contributed by atoms with Crippen LogP contribution in [0.25, 0.3) is 0 Å². The molecule has 0 amide bonds. The van der Waals surface area contributed by atoms with Gasteiger partial charge in [0.2, 0.25) is 0 Å². The average molecular weight is 520 g/mol. The van der Waals surface area contributed by atoms with E-state index in [1.807, 2.05) is 6.66 Å². The maximum absolute atomic E-state index is 2.49. The first-order valence-electron chi connectivity index (χ1n) is 8.72. The van der Waals surface area contributed by atoms with Crippen molar-refractivity contribution in [1.82, 2.24) is 0 Å². The normalized spacial score (nSPS) is 16.7. The second-order valence-corrected chi connectivity index (χ2v) is 11.0. The molecule has 0 aromatic rings. The summed E-state index contributed by atoms with van der Waals surface area (Å²) in [6.45, 7) is 9.35. The molecule has 3 heteroatoms. The van der Waals surface area contributed by atoms with Gasteiger partial charge in [0, 0.05) is 0 Å². The summed E-state index contributed by atoms with van der Waals surface area (Å²) in [6.07, 6.45) is 15.6. The van der Waals surface area contributed by atoms with Gasteiger partial charge < -0.3 is 24.8 Å². The van der Waals surface area contributed by atoms with Crippen molar-refractivity contribution in [3.8, 4) is 0 Å². The predicted octanol–water partition coefficient (Wildman–Crippen LogP) is 0.666. The van der Waals surface area contributed by atoms with Crippen LogP contribution < -0.4 is 24.8 Å². The number of halogens is 2. The molecule has 2 aliphatic carbocycles. The molecule has 0 bridgehead atoms. The molecular weight excluding hydrogens is 490 g/mol. The van der Waals surface area contributed by atoms with Crippen molar-refractivity contribution in [2.24, 2.45) is 0 Å². The summed E-state index contributed by atoms with van der Waals surface area (Å²) in [5.41, 5.74) is 6.87. The second-order valence-electron chi connectivity index (χ2n) is 6.47. The summed E-state index contributed by atoms with van der Waals surface area (Å²) in [7, 11) is 0. The molecule has 0 spiro atoms. The molecule has 0 saturated carbocycles. The fourth-order valence-corrected chi connectivity index (χ4v) is 9.20. The molecule has 0 N–H and O–H groups in total. The smallest absolute Gasteiger partial charge is 1.00 e. The first kappa shape index (κ1) is 23.4. The molecule has 0 heterocycles. The van der Waals surface area contributed by atoms with Crippen LogP contribution in [-0.4, -0.2) is 0 Å². The van der Waals surface area contributed by atoms with Gasteiger partial charge in [-0.3, -0.25) is 0 Å². The number of allylic oxidation sites excluding steroid dienone is 8. The summed E-state index contributed by atoms with van der Waals surface area (Å²) < 4.78 is 3.73. The quantitative estimate of drug-likeness (QED) is 0.414. The van der Waals surface area contributed by atoms with Gasteiger partial charge in [0.15, 0.2) is 0 Å². The Morgan fingerprint density at radius 2 is 1.17 bits per heavy atom. The van der Waals surface area contributed by atoms with Crippen molar-refractivity contribution in [2.45, 2.75) is 79.1 Å². The minimum Gasteiger partial charge on any atom is -1.00 e. The van der Waals surface area contributed by atoms with Gasteiger partial charge in [-0.15, -0.1) is 0 Å². The molecule has 0 unspecified atom stereocenters. The van der Waals surface area contributed by atoms with Crippen LogP contribution in [0.1, 0.15) is 79.1 Å². The van der Waals surface area contributed by atoms with E-state index in [-0.39, 0.29) is 24.8 Å². The van der Waals surface area contributed by atoms with Crippen LogP contribution in [0.2, 0.25) is 0 Å². The molecule has 0 aromatic carbocycles. The van der Waals surface area contributed by atoms with Gasteiger partial charge in [-0.05, 0) is 0 Å². The number of rotatable bonds is 8. The van der Waals surface area contributed by atoms with Gasteiger partial charge in [-0.2, -0.15) is 0 Å². The Balaban J connectivity index is 0.00000242. The maximum atomic E-state index is 2.49.